The van der Waals surface area contributed by atoms with Crippen LogP contribution in [0, 0.1) is 6.92 Å². The number of carbonyl (C=O) groups is 1. The Morgan fingerprint density at radius 3 is 2.92 bits per heavy atom. The van der Waals surface area contributed by atoms with E-state index in [1.807, 2.05) is 26.1 Å². The fourth-order valence-electron chi connectivity index (χ4n) is 3.17. The molecule has 0 bridgehead atoms. The maximum atomic E-state index is 12.4. The SMILES string of the molecule is Cc1cnc(CN(C)[C@H]2CCN(CC(=O)N(C)Cc3ccco3)C2)o1. The molecule has 0 aliphatic carbocycles. The van der Waals surface area contributed by atoms with E-state index in [4.69, 9.17) is 8.83 Å². The van der Waals surface area contributed by atoms with E-state index < -0.39 is 0 Å². The lowest BCUT2D eigenvalue weighted by atomic mass is 10.2. The minimum absolute atomic E-state index is 0.114. The monoisotopic (exact) mass is 346 g/mol. The minimum atomic E-state index is 0.114. The van der Waals surface area contributed by atoms with Crippen molar-refractivity contribution < 1.29 is 13.6 Å². The van der Waals surface area contributed by atoms with Crippen LogP contribution in [0.2, 0.25) is 0 Å². The number of hydrogen-bond acceptors (Lipinski definition) is 6. The lowest BCUT2D eigenvalue weighted by Crippen LogP contribution is -2.39. The van der Waals surface area contributed by atoms with E-state index in [1.165, 1.54) is 0 Å². The number of rotatable bonds is 7. The maximum Gasteiger partial charge on any atom is 0.236 e. The highest BCUT2D eigenvalue weighted by Crippen LogP contribution is 2.17. The standard InChI is InChI=1S/C18H26N4O3/c1-14-9-19-17(25-14)12-20(2)15-6-7-22(10-15)13-18(23)21(3)11-16-5-4-8-24-16/h4-5,8-9,15H,6-7,10-13H2,1-3H3/t15-/m0/s1. The van der Waals surface area contributed by atoms with Crippen molar-refractivity contribution in [2.75, 3.05) is 33.7 Å². The van der Waals surface area contributed by atoms with Crippen LogP contribution in [0.3, 0.4) is 0 Å². The largest absolute Gasteiger partial charge is 0.467 e. The second kappa shape index (κ2) is 7.84. The number of carbonyl (C=O) groups excluding carboxylic acids is 1. The molecule has 0 radical (unpaired) electrons. The minimum Gasteiger partial charge on any atom is -0.467 e. The number of oxazole rings is 1. The molecule has 3 heterocycles. The molecule has 1 amide bonds. The van der Waals surface area contributed by atoms with Crippen molar-refractivity contribution in [1.29, 1.82) is 0 Å². The predicted molar refractivity (Wildman–Crippen MR) is 92.7 cm³/mol. The van der Waals surface area contributed by atoms with Gasteiger partial charge in [0, 0.05) is 26.2 Å². The van der Waals surface area contributed by atoms with Gasteiger partial charge in [-0.15, -0.1) is 0 Å². The van der Waals surface area contributed by atoms with Crippen LogP contribution in [0.25, 0.3) is 0 Å². The van der Waals surface area contributed by atoms with Gasteiger partial charge in [0.1, 0.15) is 11.5 Å². The molecule has 1 aliphatic heterocycles. The molecular weight excluding hydrogens is 320 g/mol. The Morgan fingerprint density at radius 2 is 2.24 bits per heavy atom. The van der Waals surface area contributed by atoms with Crippen molar-refractivity contribution in [3.05, 3.63) is 42.0 Å². The Hall–Kier alpha value is -2.12. The summed E-state index contributed by atoms with van der Waals surface area (Å²) in [4.78, 5) is 22.8. The molecule has 0 unspecified atom stereocenters. The molecule has 2 aromatic rings. The summed E-state index contributed by atoms with van der Waals surface area (Å²) < 4.78 is 10.9. The summed E-state index contributed by atoms with van der Waals surface area (Å²) in [5.41, 5.74) is 0. The van der Waals surface area contributed by atoms with Crippen molar-refractivity contribution in [2.24, 2.45) is 0 Å². The first-order valence-corrected chi connectivity index (χ1v) is 8.61. The van der Waals surface area contributed by atoms with Gasteiger partial charge in [0.15, 0.2) is 0 Å². The van der Waals surface area contributed by atoms with Gasteiger partial charge < -0.3 is 13.7 Å². The van der Waals surface area contributed by atoms with Crippen molar-refractivity contribution >= 4 is 5.91 Å². The second-order valence-electron chi connectivity index (χ2n) is 6.79. The summed E-state index contributed by atoms with van der Waals surface area (Å²) in [7, 11) is 3.90. The van der Waals surface area contributed by atoms with Gasteiger partial charge in [0.2, 0.25) is 11.8 Å². The summed E-state index contributed by atoms with van der Waals surface area (Å²) in [5.74, 6) is 2.49. The van der Waals surface area contributed by atoms with Gasteiger partial charge in [-0.05, 0) is 32.5 Å². The molecule has 2 aromatic heterocycles. The van der Waals surface area contributed by atoms with Crippen LogP contribution in [-0.4, -0.2) is 65.4 Å². The number of aromatic nitrogens is 1. The summed E-state index contributed by atoms with van der Waals surface area (Å²) in [6, 6.07) is 4.13. The third-order valence-electron chi connectivity index (χ3n) is 4.68. The van der Waals surface area contributed by atoms with E-state index in [0.717, 1.165) is 36.9 Å². The number of amides is 1. The van der Waals surface area contributed by atoms with E-state index in [-0.39, 0.29) is 5.91 Å². The predicted octanol–water partition coefficient (Wildman–Crippen LogP) is 1.74. The van der Waals surface area contributed by atoms with E-state index >= 15 is 0 Å². The molecule has 0 saturated carbocycles. The fourth-order valence-corrected chi connectivity index (χ4v) is 3.17. The lowest BCUT2D eigenvalue weighted by molar-refractivity contribution is -0.131. The topological polar surface area (TPSA) is 66.0 Å². The number of aryl methyl sites for hydroxylation is 1. The normalized spacial score (nSPS) is 18.2. The zero-order chi connectivity index (χ0) is 17.8. The van der Waals surface area contributed by atoms with Crippen molar-refractivity contribution in [3.8, 4) is 0 Å². The molecule has 1 aliphatic rings. The molecular formula is C18H26N4O3. The third kappa shape index (κ3) is 4.70. The molecule has 7 heteroatoms. The summed E-state index contributed by atoms with van der Waals surface area (Å²) in [5, 5.41) is 0. The van der Waals surface area contributed by atoms with Crippen molar-refractivity contribution in [3.63, 3.8) is 0 Å². The molecule has 25 heavy (non-hydrogen) atoms. The second-order valence-corrected chi connectivity index (χ2v) is 6.79. The molecule has 0 N–H and O–H groups in total. The van der Waals surface area contributed by atoms with Crippen LogP contribution in [0.4, 0.5) is 0 Å². The summed E-state index contributed by atoms with van der Waals surface area (Å²) >= 11 is 0. The zero-order valence-electron chi connectivity index (χ0n) is 15.1. The molecule has 1 atom stereocenters. The first-order chi connectivity index (χ1) is 12.0. The van der Waals surface area contributed by atoms with Gasteiger partial charge in [-0.3, -0.25) is 14.6 Å². The molecule has 1 saturated heterocycles. The summed E-state index contributed by atoms with van der Waals surface area (Å²) in [6.07, 6.45) is 4.42. The van der Waals surface area contributed by atoms with Crippen molar-refractivity contribution in [1.82, 2.24) is 19.7 Å². The van der Waals surface area contributed by atoms with Crippen molar-refractivity contribution in [2.45, 2.75) is 32.5 Å². The van der Waals surface area contributed by atoms with Crippen LogP contribution >= 0.6 is 0 Å². The molecule has 136 valence electrons. The molecule has 0 aromatic carbocycles. The number of likely N-dealkylation sites (tertiary alicyclic amines) is 1. The van der Waals surface area contributed by atoms with Crippen LogP contribution in [0.5, 0.6) is 0 Å². The van der Waals surface area contributed by atoms with E-state index in [2.05, 4.69) is 21.8 Å². The van der Waals surface area contributed by atoms with E-state index in [0.29, 0.717) is 25.7 Å². The highest BCUT2D eigenvalue weighted by molar-refractivity contribution is 5.78. The Bertz CT molecular complexity index is 682. The quantitative estimate of drug-likeness (QED) is 0.761. The first kappa shape index (κ1) is 17.7. The van der Waals surface area contributed by atoms with Crippen LogP contribution in [0.1, 0.15) is 23.8 Å². The van der Waals surface area contributed by atoms with Gasteiger partial charge in [-0.2, -0.15) is 0 Å². The lowest BCUT2D eigenvalue weighted by Gasteiger charge is -2.24. The van der Waals surface area contributed by atoms with Gasteiger partial charge in [-0.25, -0.2) is 4.98 Å². The highest BCUT2D eigenvalue weighted by atomic mass is 16.4. The number of hydrogen-bond donors (Lipinski definition) is 0. The Balaban J connectivity index is 1.44. The van der Waals surface area contributed by atoms with Gasteiger partial charge in [0.05, 0.1) is 32.1 Å². The van der Waals surface area contributed by atoms with Gasteiger partial charge in [-0.1, -0.05) is 0 Å². The number of furan rings is 1. The average Bonchev–Trinajstić information content (AvgIpc) is 3.30. The average molecular weight is 346 g/mol. The molecule has 3 rings (SSSR count). The van der Waals surface area contributed by atoms with E-state index in [1.54, 1.807) is 17.4 Å². The van der Waals surface area contributed by atoms with Crippen LogP contribution in [0.15, 0.2) is 33.4 Å². The number of nitrogens with zero attached hydrogens (tertiary/aromatic N) is 4. The third-order valence-corrected chi connectivity index (χ3v) is 4.68. The van der Waals surface area contributed by atoms with Crippen LogP contribution in [-0.2, 0) is 17.9 Å². The number of likely N-dealkylation sites (N-methyl/N-ethyl adjacent to an activating group) is 2. The first-order valence-electron chi connectivity index (χ1n) is 8.61. The van der Waals surface area contributed by atoms with E-state index in [9.17, 15) is 4.79 Å². The molecule has 1 fully saturated rings. The Labute approximate surface area is 148 Å². The Morgan fingerprint density at radius 1 is 1.40 bits per heavy atom. The maximum absolute atomic E-state index is 12.4. The fraction of sp³-hybridized carbons (Fsp3) is 0.556. The smallest absolute Gasteiger partial charge is 0.236 e. The highest BCUT2D eigenvalue weighted by Gasteiger charge is 2.28. The molecule has 7 nitrogen and oxygen atoms in total. The zero-order valence-corrected chi connectivity index (χ0v) is 15.1. The Kier molecular flexibility index (Phi) is 5.55. The summed E-state index contributed by atoms with van der Waals surface area (Å²) in [6.45, 7) is 5.36. The molecule has 0 spiro atoms. The van der Waals surface area contributed by atoms with Gasteiger partial charge in [0.25, 0.3) is 0 Å². The van der Waals surface area contributed by atoms with Crippen LogP contribution < -0.4 is 0 Å². The van der Waals surface area contributed by atoms with Gasteiger partial charge >= 0.3 is 0 Å².